The lowest BCUT2D eigenvalue weighted by atomic mass is 9.94. The molecule has 1 heteroatoms. The van der Waals surface area contributed by atoms with Gasteiger partial charge >= 0.3 is 0 Å². The average Bonchev–Trinajstić information content (AvgIpc) is 2.64. The van der Waals surface area contributed by atoms with Crippen molar-refractivity contribution in [2.45, 2.75) is 26.7 Å². The predicted octanol–water partition coefficient (Wildman–Crippen LogP) is 4.37. The number of rotatable bonds is 2. The van der Waals surface area contributed by atoms with Gasteiger partial charge in [-0.3, -0.25) is 0 Å². The van der Waals surface area contributed by atoms with Crippen molar-refractivity contribution in [1.82, 2.24) is 0 Å². The second-order valence-electron chi connectivity index (χ2n) is 5.64. The van der Waals surface area contributed by atoms with Gasteiger partial charge in [0.05, 0.1) is 6.61 Å². The third-order valence-corrected chi connectivity index (χ3v) is 4.07. The van der Waals surface area contributed by atoms with Crippen LogP contribution in [0.2, 0.25) is 0 Å². The first-order valence-corrected chi connectivity index (χ1v) is 6.83. The van der Waals surface area contributed by atoms with E-state index in [2.05, 4.69) is 51.1 Å². The van der Waals surface area contributed by atoms with Gasteiger partial charge in [0.25, 0.3) is 0 Å². The Balaban J connectivity index is 2.28. The van der Waals surface area contributed by atoms with Gasteiger partial charge < -0.3 is 4.74 Å². The van der Waals surface area contributed by atoms with E-state index in [9.17, 15) is 0 Å². The van der Waals surface area contributed by atoms with Crippen molar-refractivity contribution in [3.8, 4) is 11.1 Å². The molecule has 1 unspecified atom stereocenters. The van der Waals surface area contributed by atoms with E-state index in [-0.39, 0.29) is 0 Å². The normalized spacial score (nSPS) is 16.3. The number of benzene rings is 2. The molecular weight excluding hydrogens is 232 g/mol. The Kier molecular flexibility index (Phi) is 2.94. The van der Waals surface area contributed by atoms with Crippen molar-refractivity contribution in [3.05, 3.63) is 58.1 Å². The van der Waals surface area contributed by atoms with Crippen LogP contribution in [-0.4, -0.2) is 13.7 Å². The molecule has 3 rings (SSSR count). The highest BCUT2D eigenvalue weighted by Gasteiger charge is 2.29. The molecule has 0 aliphatic heterocycles. The minimum atomic E-state index is 0.383. The minimum Gasteiger partial charge on any atom is -0.384 e. The van der Waals surface area contributed by atoms with Crippen molar-refractivity contribution < 1.29 is 4.74 Å². The fourth-order valence-corrected chi connectivity index (χ4v) is 3.36. The molecule has 1 nitrogen and oxygen atoms in total. The smallest absolute Gasteiger partial charge is 0.0572 e. The molecule has 0 aromatic heterocycles. The standard InChI is InChI=1S/C18H20O/c1-11-5-6-14-15(8-11)17(10-19-4)16-9-12(2)7-13(3)18(14)16/h5-9,17H,10H2,1-4H3. The van der Waals surface area contributed by atoms with Crippen LogP contribution in [0.25, 0.3) is 11.1 Å². The summed E-state index contributed by atoms with van der Waals surface area (Å²) in [4.78, 5) is 0. The van der Waals surface area contributed by atoms with Gasteiger partial charge in [-0.05, 0) is 48.6 Å². The minimum absolute atomic E-state index is 0.383. The molecule has 19 heavy (non-hydrogen) atoms. The number of hydrogen-bond donors (Lipinski definition) is 0. The van der Waals surface area contributed by atoms with Crippen LogP contribution in [0.5, 0.6) is 0 Å². The molecule has 2 aromatic carbocycles. The first-order valence-electron chi connectivity index (χ1n) is 6.83. The van der Waals surface area contributed by atoms with Crippen LogP contribution in [0.3, 0.4) is 0 Å². The maximum atomic E-state index is 5.46. The monoisotopic (exact) mass is 252 g/mol. The van der Waals surface area contributed by atoms with Crippen molar-refractivity contribution in [2.75, 3.05) is 13.7 Å². The van der Waals surface area contributed by atoms with E-state index in [1.54, 1.807) is 7.11 Å². The van der Waals surface area contributed by atoms with Crippen molar-refractivity contribution in [2.24, 2.45) is 0 Å². The highest BCUT2D eigenvalue weighted by molar-refractivity contribution is 5.82. The zero-order valence-corrected chi connectivity index (χ0v) is 12.1. The Morgan fingerprint density at radius 3 is 2.42 bits per heavy atom. The van der Waals surface area contributed by atoms with Gasteiger partial charge in [-0.1, -0.05) is 41.5 Å². The number of hydrogen-bond acceptors (Lipinski definition) is 1. The summed E-state index contributed by atoms with van der Waals surface area (Å²) < 4.78 is 5.46. The second-order valence-corrected chi connectivity index (χ2v) is 5.64. The van der Waals surface area contributed by atoms with Gasteiger partial charge in [0.15, 0.2) is 0 Å². The molecule has 0 saturated heterocycles. The topological polar surface area (TPSA) is 9.23 Å². The first kappa shape index (κ1) is 12.4. The molecule has 1 aliphatic rings. The van der Waals surface area contributed by atoms with Crippen molar-refractivity contribution >= 4 is 0 Å². The van der Waals surface area contributed by atoms with Gasteiger partial charge in [0.2, 0.25) is 0 Å². The van der Waals surface area contributed by atoms with Crippen LogP contribution < -0.4 is 0 Å². The van der Waals surface area contributed by atoms with Gasteiger partial charge in [-0.2, -0.15) is 0 Å². The van der Waals surface area contributed by atoms with Crippen LogP contribution in [0, 0.1) is 20.8 Å². The molecule has 1 atom stereocenters. The summed E-state index contributed by atoms with van der Waals surface area (Å²) in [5.41, 5.74) is 9.69. The quantitative estimate of drug-likeness (QED) is 0.771. The van der Waals surface area contributed by atoms with E-state index < -0.39 is 0 Å². The van der Waals surface area contributed by atoms with Crippen molar-refractivity contribution in [3.63, 3.8) is 0 Å². The molecule has 2 aromatic rings. The molecule has 0 fully saturated rings. The third kappa shape index (κ3) is 1.89. The highest BCUT2D eigenvalue weighted by Crippen LogP contribution is 2.47. The Bertz CT molecular complexity index is 640. The summed E-state index contributed by atoms with van der Waals surface area (Å²) >= 11 is 0. The predicted molar refractivity (Wildman–Crippen MR) is 79.8 cm³/mol. The molecule has 0 bridgehead atoms. The van der Waals surface area contributed by atoms with E-state index in [0.717, 1.165) is 6.61 Å². The lowest BCUT2D eigenvalue weighted by Gasteiger charge is -2.13. The average molecular weight is 252 g/mol. The van der Waals surface area contributed by atoms with Crippen LogP contribution in [0.15, 0.2) is 30.3 Å². The summed E-state index contributed by atoms with van der Waals surface area (Å²) in [6.45, 7) is 7.30. The maximum absolute atomic E-state index is 5.46. The Morgan fingerprint density at radius 1 is 0.947 bits per heavy atom. The molecule has 1 aliphatic carbocycles. The van der Waals surface area contributed by atoms with E-state index >= 15 is 0 Å². The molecular formula is C18H20O. The molecule has 0 amide bonds. The van der Waals surface area contributed by atoms with E-state index in [1.165, 1.54) is 38.9 Å². The molecule has 98 valence electrons. The SMILES string of the molecule is COCC1c2cc(C)ccc2-c2c(C)cc(C)cc21. The van der Waals surface area contributed by atoms with Gasteiger partial charge in [0.1, 0.15) is 0 Å². The molecule has 0 radical (unpaired) electrons. The van der Waals surface area contributed by atoms with E-state index in [4.69, 9.17) is 4.74 Å². The maximum Gasteiger partial charge on any atom is 0.0572 e. The summed E-state index contributed by atoms with van der Waals surface area (Å²) in [6.07, 6.45) is 0. The lowest BCUT2D eigenvalue weighted by Crippen LogP contribution is -2.05. The Labute approximate surface area is 115 Å². The van der Waals surface area contributed by atoms with Crippen LogP contribution in [0.1, 0.15) is 33.7 Å². The van der Waals surface area contributed by atoms with Gasteiger partial charge in [-0.15, -0.1) is 0 Å². The summed E-state index contributed by atoms with van der Waals surface area (Å²) in [6, 6.07) is 11.4. The highest BCUT2D eigenvalue weighted by atomic mass is 16.5. The fourth-order valence-electron chi connectivity index (χ4n) is 3.36. The van der Waals surface area contributed by atoms with E-state index in [1.807, 2.05) is 0 Å². The zero-order chi connectivity index (χ0) is 13.6. The summed E-state index contributed by atoms with van der Waals surface area (Å²) in [7, 11) is 1.79. The largest absolute Gasteiger partial charge is 0.384 e. The van der Waals surface area contributed by atoms with Crippen LogP contribution in [0.4, 0.5) is 0 Å². The molecule has 0 heterocycles. The van der Waals surface area contributed by atoms with E-state index in [0.29, 0.717) is 5.92 Å². The summed E-state index contributed by atoms with van der Waals surface area (Å²) in [5.74, 6) is 0.383. The Hall–Kier alpha value is -1.60. The summed E-state index contributed by atoms with van der Waals surface area (Å²) in [5, 5.41) is 0. The lowest BCUT2D eigenvalue weighted by molar-refractivity contribution is 0.190. The van der Waals surface area contributed by atoms with Gasteiger partial charge in [0, 0.05) is 13.0 Å². The second kappa shape index (κ2) is 4.50. The zero-order valence-electron chi connectivity index (χ0n) is 12.1. The van der Waals surface area contributed by atoms with Crippen LogP contribution >= 0.6 is 0 Å². The number of ether oxygens (including phenoxy) is 1. The van der Waals surface area contributed by atoms with Crippen molar-refractivity contribution in [1.29, 1.82) is 0 Å². The Morgan fingerprint density at radius 2 is 1.68 bits per heavy atom. The van der Waals surface area contributed by atoms with Gasteiger partial charge in [-0.25, -0.2) is 0 Å². The molecule has 0 spiro atoms. The molecule has 0 saturated carbocycles. The number of fused-ring (bicyclic) bond motifs is 3. The number of methoxy groups -OCH3 is 1. The first-order chi connectivity index (χ1) is 9.11. The third-order valence-electron chi connectivity index (χ3n) is 4.07. The van der Waals surface area contributed by atoms with Crippen LogP contribution in [-0.2, 0) is 4.74 Å². The molecule has 0 N–H and O–H groups in total. The number of aryl methyl sites for hydroxylation is 3. The fraction of sp³-hybridized carbons (Fsp3) is 0.333.